The van der Waals surface area contributed by atoms with Gasteiger partial charge in [-0.1, -0.05) is 11.8 Å². The summed E-state index contributed by atoms with van der Waals surface area (Å²) in [6.45, 7) is 3.80. The molecular weight excluding hydrogens is 348 g/mol. The first-order valence-electron chi connectivity index (χ1n) is 6.95. The Labute approximate surface area is 145 Å². The Hall–Kier alpha value is -2.46. The predicted molar refractivity (Wildman–Crippen MR) is 92.4 cm³/mol. The molecule has 2 amide bonds. The van der Waals surface area contributed by atoms with Crippen molar-refractivity contribution in [3.05, 3.63) is 34.5 Å². The van der Waals surface area contributed by atoms with E-state index in [9.17, 15) is 9.59 Å². The lowest BCUT2D eigenvalue weighted by Crippen LogP contribution is -2.17. The third-order valence-electron chi connectivity index (χ3n) is 3.11. The van der Waals surface area contributed by atoms with Crippen molar-refractivity contribution < 1.29 is 9.59 Å². The number of aryl methyl sites for hydroxylation is 2. The lowest BCUT2D eigenvalue weighted by molar-refractivity contribution is -0.113. The van der Waals surface area contributed by atoms with Gasteiger partial charge in [-0.05, 0) is 31.4 Å². The number of anilines is 1. The standard InChI is InChI=1S/C14H14N6O2S2/c1-7-5-8(2)20-13(16-7)18-14(19-20)24-6-10(21)17-12-9(11(15)22)3-4-23-12/h3-5H,6H2,1-2H3,(H2,15,22)(H,17,21). The third kappa shape index (κ3) is 3.39. The molecule has 3 rings (SSSR count). The number of thiophene rings is 1. The molecule has 0 spiro atoms. The van der Waals surface area contributed by atoms with Crippen LogP contribution in [0.25, 0.3) is 5.78 Å². The van der Waals surface area contributed by atoms with E-state index in [1.54, 1.807) is 16.0 Å². The Morgan fingerprint density at radius 3 is 2.92 bits per heavy atom. The van der Waals surface area contributed by atoms with Gasteiger partial charge in [0.1, 0.15) is 5.00 Å². The van der Waals surface area contributed by atoms with E-state index < -0.39 is 5.91 Å². The van der Waals surface area contributed by atoms with Gasteiger partial charge in [-0.2, -0.15) is 4.98 Å². The minimum Gasteiger partial charge on any atom is -0.366 e. The molecule has 24 heavy (non-hydrogen) atoms. The second-order valence-electron chi connectivity index (χ2n) is 5.01. The third-order valence-corrected chi connectivity index (χ3v) is 4.78. The smallest absolute Gasteiger partial charge is 0.253 e. The van der Waals surface area contributed by atoms with Gasteiger partial charge in [0.15, 0.2) is 0 Å². The molecule has 0 fully saturated rings. The fraction of sp³-hybridized carbons (Fsp3) is 0.214. The summed E-state index contributed by atoms with van der Waals surface area (Å²) < 4.78 is 1.64. The molecule has 0 aromatic carbocycles. The summed E-state index contributed by atoms with van der Waals surface area (Å²) in [4.78, 5) is 31.9. The molecule has 0 unspecified atom stereocenters. The SMILES string of the molecule is Cc1cc(C)n2nc(SCC(=O)Nc3sccc3C(N)=O)nc2n1. The van der Waals surface area contributed by atoms with Gasteiger partial charge in [-0.25, -0.2) is 9.50 Å². The van der Waals surface area contributed by atoms with Crippen LogP contribution in [-0.2, 0) is 4.79 Å². The van der Waals surface area contributed by atoms with E-state index in [1.165, 1.54) is 23.1 Å². The zero-order chi connectivity index (χ0) is 17.3. The summed E-state index contributed by atoms with van der Waals surface area (Å²) in [6, 6.07) is 3.49. The van der Waals surface area contributed by atoms with E-state index in [1.807, 2.05) is 19.9 Å². The first-order chi connectivity index (χ1) is 11.4. The fourth-order valence-corrected chi connectivity index (χ4v) is 3.53. The zero-order valence-corrected chi connectivity index (χ0v) is 14.6. The summed E-state index contributed by atoms with van der Waals surface area (Å²) in [5, 5.41) is 9.61. The van der Waals surface area contributed by atoms with Crippen molar-refractivity contribution in [3.63, 3.8) is 0 Å². The molecule has 3 heterocycles. The Morgan fingerprint density at radius 1 is 1.38 bits per heavy atom. The lowest BCUT2D eigenvalue weighted by atomic mass is 10.3. The van der Waals surface area contributed by atoms with Crippen LogP contribution in [-0.4, -0.2) is 37.1 Å². The molecule has 3 aromatic rings. The molecule has 0 atom stereocenters. The molecule has 0 saturated heterocycles. The minimum absolute atomic E-state index is 0.116. The van der Waals surface area contributed by atoms with E-state index in [2.05, 4.69) is 20.4 Å². The molecule has 0 aliphatic heterocycles. The van der Waals surface area contributed by atoms with Crippen LogP contribution in [0, 0.1) is 13.8 Å². The topological polar surface area (TPSA) is 115 Å². The highest BCUT2D eigenvalue weighted by Crippen LogP contribution is 2.23. The van der Waals surface area contributed by atoms with Crippen LogP contribution in [0.15, 0.2) is 22.7 Å². The van der Waals surface area contributed by atoms with Crippen molar-refractivity contribution in [2.24, 2.45) is 5.73 Å². The van der Waals surface area contributed by atoms with E-state index >= 15 is 0 Å². The number of primary amides is 1. The number of amides is 2. The first kappa shape index (κ1) is 16.4. The highest BCUT2D eigenvalue weighted by molar-refractivity contribution is 7.99. The Balaban J connectivity index is 1.67. The summed E-state index contributed by atoms with van der Waals surface area (Å²) >= 11 is 2.45. The maximum Gasteiger partial charge on any atom is 0.253 e. The average Bonchev–Trinajstić information content (AvgIpc) is 3.11. The van der Waals surface area contributed by atoms with Crippen molar-refractivity contribution in [2.45, 2.75) is 19.0 Å². The first-order valence-corrected chi connectivity index (χ1v) is 8.81. The molecule has 8 nitrogen and oxygen atoms in total. The predicted octanol–water partition coefficient (Wildman–Crippen LogP) is 1.63. The zero-order valence-electron chi connectivity index (χ0n) is 12.9. The molecule has 10 heteroatoms. The average molecular weight is 362 g/mol. The van der Waals surface area contributed by atoms with Gasteiger partial charge in [0.05, 0.1) is 11.3 Å². The quantitative estimate of drug-likeness (QED) is 0.667. The number of carbonyl (C=O) groups is 2. The van der Waals surface area contributed by atoms with Crippen LogP contribution in [0.5, 0.6) is 0 Å². The Kier molecular flexibility index (Phi) is 4.49. The van der Waals surface area contributed by atoms with Gasteiger partial charge >= 0.3 is 0 Å². The van der Waals surface area contributed by atoms with Crippen LogP contribution in [0.2, 0.25) is 0 Å². The van der Waals surface area contributed by atoms with Crippen LogP contribution in [0.3, 0.4) is 0 Å². The van der Waals surface area contributed by atoms with E-state index in [4.69, 9.17) is 5.73 Å². The van der Waals surface area contributed by atoms with Gasteiger partial charge in [-0.15, -0.1) is 16.4 Å². The molecule has 0 bridgehead atoms. The number of nitrogens with zero attached hydrogens (tertiary/aromatic N) is 4. The Bertz CT molecular complexity index is 933. The summed E-state index contributed by atoms with van der Waals surface area (Å²) in [5.74, 6) is -0.210. The number of nitrogens with one attached hydrogen (secondary N) is 1. The van der Waals surface area contributed by atoms with Gasteiger partial charge in [0, 0.05) is 11.4 Å². The number of fused-ring (bicyclic) bond motifs is 1. The number of hydrogen-bond acceptors (Lipinski definition) is 7. The molecule has 0 radical (unpaired) electrons. The van der Waals surface area contributed by atoms with Crippen LogP contribution in [0.4, 0.5) is 5.00 Å². The highest BCUT2D eigenvalue weighted by Gasteiger charge is 2.14. The largest absolute Gasteiger partial charge is 0.366 e. The molecular formula is C14H14N6O2S2. The van der Waals surface area contributed by atoms with E-state index in [-0.39, 0.29) is 11.7 Å². The van der Waals surface area contributed by atoms with Gasteiger partial charge in [0.2, 0.25) is 11.1 Å². The second kappa shape index (κ2) is 6.57. The number of hydrogen-bond donors (Lipinski definition) is 2. The van der Waals surface area contributed by atoms with Gasteiger partial charge < -0.3 is 11.1 Å². The van der Waals surface area contributed by atoms with Crippen molar-refractivity contribution in [1.82, 2.24) is 19.6 Å². The molecule has 3 N–H and O–H groups in total. The van der Waals surface area contributed by atoms with Gasteiger partial charge in [-0.3, -0.25) is 9.59 Å². The number of nitrogens with two attached hydrogens (primary N) is 1. The number of aromatic nitrogens is 4. The maximum atomic E-state index is 12.0. The van der Waals surface area contributed by atoms with Crippen LogP contribution >= 0.6 is 23.1 Å². The molecule has 0 aliphatic carbocycles. The fourth-order valence-electron chi connectivity index (χ4n) is 2.10. The molecule has 3 aromatic heterocycles. The van der Waals surface area contributed by atoms with Gasteiger partial charge in [0.25, 0.3) is 11.7 Å². The summed E-state index contributed by atoms with van der Waals surface area (Å²) in [7, 11) is 0. The van der Waals surface area contributed by atoms with Crippen molar-refractivity contribution in [1.29, 1.82) is 0 Å². The monoisotopic (exact) mass is 362 g/mol. The number of rotatable bonds is 5. The van der Waals surface area contributed by atoms with Crippen molar-refractivity contribution >= 4 is 45.7 Å². The lowest BCUT2D eigenvalue weighted by Gasteiger charge is -2.02. The van der Waals surface area contributed by atoms with Crippen molar-refractivity contribution in [3.8, 4) is 0 Å². The van der Waals surface area contributed by atoms with Crippen LogP contribution < -0.4 is 11.1 Å². The maximum absolute atomic E-state index is 12.0. The Morgan fingerprint density at radius 2 is 2.17 bits per heavy atom. The molecule has 0 saturated carbocycles. The van der Waals surface area contributed by atoms with Crippen LogP contribution in [0.1, 0.15) is 21.7 Å². The number of carbonyl (C=O) groups excluding carboxylic acids is 2. The molecule has 0 aliphatic rings. The second-order valence-corrected chi connectivity index (χ2v) is 6.87. The van der Waals surface area contributed by atoms with E-state index in [0.717, 1.165) is 11.4 Å². The normalized spacial score (nSPS) is 10.9. The summed E-state index contributed by atoms with van der Waals surface area (Å²) in [5.41, 5.74) is 7.34. The highest BCUT2D eigenvalue weighted by atomic mass is 32.2. The molecule has 124 valence electrons. The number of thioether (sulfide) groups is 1. The summed E-state index contributed by atoms with van der Waals surface area (Å²) in [6.07, 6.45) is 0. The van der Waals surface area contributed by atoms with Crippen molar-refractivity contribution in [2.75, 3.05) is 11.1 Å². The minimum atomic E-state index is -0.571. The van der Waals surface area contributed by atoms with E-state index in [0.29, 0.717) is 21.5 Å².